The number of methoxy groups -OCH3 is 2. The van der Waals surface area contributed by atoms with Crippen LogP contribution in [0.15, 0.2) is 40.9 Å². The van der Waals surface area contributed by atoms with Gasteiger partial charge in [-0.2, -0.15) is 5.26 Å². The zero-order valence-electron chi connectivity index (χ0n) is 14.6. The van der Waals surface area contributed by atoms with Gasteiger partial charge in [-0.05, 0) is 24.3 Å². The Hall–Kier alpha value is -2.45. The first-order valence-electron chi connectivity index (χ1n) is 7.60. The Bertz CT molecular complexity index is 761. The molecule has 10 heteroatoms. The molecule has 0 heterocycles. The maximum absolute atomic E-state index is 12.3. The second kappa shape index (κ2) is 10.5. The summed E-state index contributed by atoms with van der Waals surface area (Å²) in [4.78, 5) is 13.9. The third-order valence-electron chi connectivity index (χ3n) is 3.28. The predicted molar refractivity (Wildman–Crippen MR) is 95.5 cm³/mol. The van der Waals surface area contributed by atoms with E-state index in [-0.39, 0.29) is 10.5 Å². The molecule has 26 heavy (non-hydrogen) atoms. The molecule has 1 amide bonds. The number of carbonyl (C=O) groups is 1. The molecule has 0 spiro atoms. The number of anilines is 1. The monoisotopic (exact) mass is 382 g/mol. The highest BCUT2D eigenvalue weighted by molar-refractivity contribution is 7.89. The average molecular weight is 382 g/mol. The second-order valence-electron chi connectivity index (χ2n) is 5.20. The van der Waals surface area contributed by atoms with Gasteiger partial charge in [0.2, 0.25) is 10.0 Å². The molecule has 1 aromatic carbocycles. The fourth-order valence-corrected chi connectivity index (χ4v) is 2.42. The van der Waals surface area contributed by atoms with Gasteiger partial charge in [0.1, 0.15) is 11.6 Å². The van der Waals surface area contributed by atoms with E-state index in [2.05, 4.69) is 5.32 Å². The van der Waals surface area contributed by atoms with E-state index in [9.17, 15) is 18.5 Å². The largest absolute Gasteiger partial charge is 0.383 e. The molecular weight excluding hydrogens is 360 g/mol. The maximum atomic E-state index is 12.3. The van der Waals surface area contributed by atoms with Gasteiger partial charge in [0, 0.05) is 39.2 Å². The molecule has 0 unspecified atom stereocenters. The first-order valence-corrected chi connectivity index (χ1v) is 9.14. The predicted octanol–water partition coefficient (Wildman–Crippen LogP) is 0.275. The number of primary sulfonamides is 1. The number of hydrogen-bond donors (Lipinski definition) is 2. The van der Waals surface area contributed by atoms with Gasteiger partial charge in [-0.3, -0.25) is 4.79 Å². The Balaban J connectivity index is 2.87. The summed E-state index contributed by atoms with van der Waals surface area (Å²) in [5.41, 5.74) is 0.233. The highest BCUT2D eigenvalue weighted by atomic mass is 32.2. The van der Waals surface area contributed by atoms with E-state index in [4.69, 9.17) is 14.6 Å². The van der Waals surface area contributed by atoms with Crippen molar-refractivity contribution in [2.24, 2.45) is 5.14 Å². The third kappa shape index (κ3) is 7.20. The lowest BCUT2D eigenvalue weighted by atomic mass is 10.2. The zero-order valence-corrected chi connectivity index (χ0v) is 15.5. The second-order valence-corrected chi connectivity index (χ2v) is 6.76. The molecule has 1 rings (SSSR count). The summed E-state index contributed by atoms with van der Waals surface area (Å²) in [6, 6.07) is 7.17. The molecule has 0 aliphatic rings. The van der Waals surface area contributed by atoms with Crippen molar-refractivity contribution in [2.45, 2.75) is 4.90 Å². The fraction of sp³-hybridized carbons (Fsp3) is 0.375. The normalized spacial score (nSPS) is 11.7. The van der Waals surface area contributed by atoms with Crippen molar-refractivity contribution < 1.29 is 22.7 Å². The Morgan fingerprint density at radius 2 is 1.77 bits per heavy atom. The van der Waals surface area contributed by atoms with Crippen LogP contribution in [0, 0.1) is 11.3 Å². The summed E-state index contributed by atoms with van der Waals surface area (Å²) in [6.07, 6.45) is 1.44. The molecule has 9 nitrogen and oxygen atoms in total. The van der Waals surface area contributed by atoms with Crippen molar-refractivity contribution in [2.75, 3.05) is 45.8 Å². The van der Waals surface area contributed by atoms with E-state index in [0.29, 0.717) is 32.0 Å². The molecule has 0 atom stereocenters. The van der Waals surface area contributed by atoms with Gasteiger partial charge in [0.25, 0.3) is 5.91 Å². The van der Waals surface area contributed by atoms with Crippen molar-refractivity contribution in [3.63, 3.8) is 0 Å². The van der Waals surface area contributed by atoms with Gasteiger partial charge in [-0.25, -0.2) is 13.6 Å². The number of hydrogen-bond acceptors (Lipinski definition) is 7. The standard InChI is InChI=1S/C16H22N4O5S/c1-24-9-7-20(8-10-25-2)12-13(11-17)16(21)19-14-3-5-15(6-4-14)26(18,22)23/h3-6,12H,7-10H2,1-2H3,(H,19,21)(H2,18,22,23)/b13-12-. The number of nitriles is 1. The fourth-order valence-electron chi connectivity index (χ4n) is 1.91. The Labute approximate surface area is 153 Å². The lowest BCUT2D eigenvalue weighted by molar-refractivity contribution is -0.112. The first-order chi connectivity index (χ1) is 12.3. The molecule has 0 aliphatic heterocycles. The highest BCUT2D eigenvalue weighted by Gasteiger charge is 2.13. The van der Waals surface area contributed by atoms with Gasteiger partial charge < -0.3 is 19.7 Å². The topological polar surface area (TPSA) is 135 Å². The third-order valence-corrected chi connectivity index (χ3v) is 4.21. The SMILES string of the molecule is COCCN(/C=C(/C#N)C(=O)Nc1ccc(S(N)(=O)=O)cc1)CCOC. The van der Waals surface area contributed by atoms with Gasteiger partial charge in [-0.1, -0.05) is 0 Å². The Morgan fingerprint density at radius 3 is 2.19 bits per heavy atom. The minimum Gasteiger partial charge on any atom is -0.383 e. The molecule has 0 aromatic heterocycles. The quantitative estimate of drug-likeness (QED) is 0.438. The number of nitrogens with one attached hydrogen (secondary N) is 1. The van der Waals surface area contributed by atoms with Gasteiger partial charge >= 0.3 is 0 Å². The van der Waals surface area contributed by atoms with E-state index in [1.54, 1.807) is 19.1 Å². The smallest absolute Gasteiger partial charge is 0.267 e. The summed E-state index contributed by atoms with van der Waals surface area (Å²) in [6.45, 7) is 1.83. The number of nitrogens with zero attached hydrogens (tertiary/aromatic N) is 2. The minimum absolute atomic E-state index is 0.0724. The molecule has 0 fully saturated rings. The number of benzene rings is 1. The van der Waals surface area contributed by atoms with Crippen molar-refractivity contribution in [1.29, 1.82) is 5.26 Å². The number of carbonyl (C=O) groups excluding carboxylic acids is 1. The number of nitrogens with two attached hydrogens (primary N) is 1. The van der Waals surface area contributed by atoms with E-state index in [1.165, 1.54) is 30.5 Å². The number of sulfonamides is 1. The van der Waals surface area contributed by atoms with Crippen LogP contribution in [0.5, 0.6) is 0 Å². The van der Waals surface area contributed by atoms with Crippen molar-refractivity contribution in [3.05, 3.63) is 36.0 Å². The van der Waals surface area contributed by atoms with E-state index in [0.717, 1.165) is 0 Å². The van der Waals surface area contributed by atoms with Crippen LogP contribution in [0.4, 0.5) is 5.69 Å². The summed E-state index contributed by atoms with van der Waals surface area (Å²) in [5.74, 6) is -0.615. The number of amides is 1. The van der Waals surface area contributed by atoms with Gasteiger partial charge in [-0.15, -0.1) is 0 Å². The van der Waals surface area contributed by atoms with Crippen LogP contribution in [-0.4, -0.2) is 59.7 Å². The van der Waals surface area contributed by atoms with Crippen molar-refractivity contribution >= 4 is 21.6 Å². The molecule has 1 aromatic rings. The van der Waals surface area contributed by atoms with Crippen LogP contribution in [0.1, 0.15) is 0 Å². The average Bonchev–Trinajstić information content (AvgIpc) is 2.60. The van der Waals surface area contributed by atoms with Crippen molar-refractivity contribution in [1.82, 2.24) is 4.90 Å². The zero-order chi connectivity index (χ0) is 19.6. The summed E-state index contributed by atoms with van der Waals surface area (Å²) >= 11 is 0. The van der Waals surface area contributed by atoms with Crippen LogP contribution >= 0.6 is 0 Å². The van der Waals surface area contributed by atoms with E-state index >= 15 is 0 Å². The molecule has 0 aliphatic carbocycles. The molecule has 0 bridgehead atoms. The molecule has 142 valence electrons. The lowest BCUT2D eigenvalue weighted by Crippen LogP contribution is -2.27. The van der Waals surface area contributed by atoms with Gasteiger partial charge in [0.05, 0.1) is 18.1 Å². The molecule has 3 N–H and O–H groups in total. The van der Waals surface area contributed by atoms with Crippen LogP contribution < -0.4 is 10.5 Å². The van der Waals surface area contributed by atoms with E-state index < -0.39 is 15.9 Å². The maximum Gasteiger partial charge on any atom is 0.267 e. The number of ether oxygens (including phenoxy) is 2. The summed E-state index contributed by atoms with van der Waals surface area (Å²) in [5, 5.41) is 16.8. The molecular formula is C16H22N4O5S. The summed E-state index contributed by atoms with van der Waals surface area (Å²) in [7, 11) is -0.696. The summed E-state index contributed by atoms with van der Waals surface area (Å²) < 4.78 is 32.5. The lowest BCUT2D eigenvalue weighted by Gasteiger charge is -2.20. The Morgan fingerprint density at radius 1 is 1.23 bits per heavy atom. The van der Waals surface area contributed by atoms with Crippen LogP contribution in [-0.2, 0) is 24.3 Å². The van der Waals surface area contributed by atoms with Crippen LogP contribution in [0.3, 0.4) is 0 Å². The van der Waals surface area contributed by atoms with Crippen LogP contribution in [0.25, 0.3) is 0 Å². The van der Waals surface area contributed by atoms with E-state index in [1.807, 2.05) is 6.07 Å². The molecule has 0 radical (unpaired) electrons. The van der Waals surface area contributed by atoms with Crippen molar-refractivity contribution in [3.8, 4) is 6.07 Å². The number of rotatable bonds is 10. The van der Waals surface area contributed by atoms with Crippen LogP contribution in [0.2, 0.25) is 0 Å². The molecule has 0 saturated heterocycles. The minimum atomic E-state index is -3.81. The highest BCUT2D eigenvalue weighted by Crippen LogP contribution is 2.13. The molecule has 0 saturated carbocycles. The van der Waals surface area contributed by atoms with Gasteiger partial charge in [0.15, 0.2) is 0 Å². The Kier molecular flexibility index (Phi) is 8.74. The first kappa shape index (κ1) is 21.6.